The maximum atomic E-state index is 16.1. The van der Waals surface area contributed by atoms with Gasteiger partial charge in [0.05, 0.1) is 36.4 Å². The Morgan fingerprint density at radius 1 is 1.15 bits per heavy atom. The Morgan fingerprint density at radius 3 is 2.54 bits per heavy atom. The molecule has 0 amide bonds. The van der Waals surface area contributed by atoms with Crippen LogP contribution in [0.15, 0.2) is 23.3 Å². The first-order chi connectivity index (χ1) is 19.5. The van der Waals surface area contributed by atoms with Gasteiger partial charge in [0.1, 0.15) is 12.3 Å². The quantitative estimate of drug-likeness (QED) is 0.503. The van der Waals surface area contributed by atoms with Gasteiger partial charge in [0.2, 0.25) is 0 Å². The molecule has 3 saturated heterocycles. The minimum absolute atomic E-state index is 0.0432. The molecular formula is C29H40F4N6O2. The summed E-state index contributed by atoms with van der Waals surface area (Å²) < 4.78 is 67.5. The van der Waals surface area contributed by atoms with Crippen LogP contribution in [0, 0.1) is 16.7 Å². The fraction of sp³-hybridized carbons (Fsp3) is 0.759. The summed E-state index contributed by atoms with van der Waals surface area (Å²) in [6.45, 7) is 4.85. The van der Waals surface area contributed by atoms with Gasteiger partial charge in [-0.25, -0.2) is 20.0 Å². The highest BCUT2D eigenvalue weighted by atomic mass is 19.4. The fourth-order valence-electron chi connectivity index (χ4n) is 8.03. The zero-order valence-electron chi connectivity index (χ0n) is 23.7. The molecule has 226 valence electrons. The van der Waals surface area contributed by atoms with E-state index >= 15 is 4.39 Å². The summed E-state index contributed by atoms with van der Waals surface area (Å²) in [7, 11) is 1.86. The van der Waals surface area contributed by atoms with Crippen LogP contribution in [0.4, 0.5) is 17.6 Å². The lowest BCUT2D eigenvalue weighted by atomic mass is 9.63. The van der Waals surface area contributed by atoms with Gasteiger partial charge in [0, 0.05) is 31.0 Å². The van der Waals surface area contributed by atoms with E-state index in [1.165, 1.54) is 34.1 Å². The molecule has 3 aliphatic heterocycles. The third-order valence-electron chi connectivity index (χ3n) is 11.0. The normalized spacial score (nSPS) is 31.5. The van der Waals surface area contributed by atoms with Crippen molar-refractivity contribution in [2.24, 2.45) is 16.7 Å². The number of aromatic nitrogens is 2. The predicted octanol–water partition coefficient (Wildman–Crippen LogP) is 4.08. The van der Waals surface area contributed by atoms with E-state index in [4.69, 9.17) is 4.74 Å². The Bertz CT molecular complexity index is 1370. The van der Waals surface area contributed by atoms with Gasteiger partial charge in [-0.15, -0.1) is 0 Å². The Labute approximate surface area is 237 Å². The number of hydrogen-bond acceptors (Lipinski definition) is 6. The summed E-state index contributed by atoms with van der Waals surface area (Å²) in [5.41, 5.74) is 4.84. The second-order valence-electron chi connectivity index (χ2n) is 13.5. The first-order valence-corrected chi connectivity index (χ1v) is 15.0. The zero-order chi connectivity index (χ0) is 28.7. The molecule has 8 nitrogen and oxygen atoms in total. The lowest BCUT2D eigenvalue weighted by Crippen LogP contribution is -2.62. The first-order valence-electron chi connectivity index (χ1n) is 15.0. The molecule has 3 unspecified atom stereocenters. The molecule has 5 aliphatic rings. The molecule has 12 heteroatoms. The summed E-state index contributed by atoms with van der Waals surface area (Å²) in [5.74, 6) is -0.0432. The fourth-order valence-corrected chi connectivity index (χ4v) is 8.03. The molecule has 0 radical (unpaired) electrons. The highest BCUT2D eigenvalue weighted by Crippen LogP contribution is 2.54. The number of halogens is 4. The molecule has 5 fully saturated rings. The predicted molar refractivity (Wildman–Crippen MR) is 145 cm³/mol. The van der Waals surface area contributed by atoms with Crippen molar-refractivity contribution in [3.8, 4) is 0 Å². The molecule has 5 atom stereocenters. The van der Waals surface area contributed by atoms with Crippen LogP contribution in [-0.2, 0) is 10.9 Å². The molecule has 0 aromatic carbocycles. The summed E-state index contributed by atoms with van der Waals surface area (Å²) in [6, 6.07) is 0.721. The molecule has 1 spiro atoms. The first kappa shape index (κ1) is 27.8. The van der Waals surface area contributed by atoms with E-state index in [2.05, 4.69) is 15.8 Å². The van der Waals surface area contributed by atoms with Crippen LogP contribution in [-0.4, -0.2) is 71.1 Å². The van der Waals surface area contributed by atoms with Gasteiger partial charge >= 0.3 is 11.9 Å². The monoisotopic (exact) mass is 580 g/mol. The Morgan fingerprint density at radius 2 is 1.93 bits per heavy atom. The van der Waals surface area contributed by atoms with Crippen molar-refractivity contribution in [1.29, 1.82) is 0 Å². The van der Waals surface area contributed by atoms with E-state index in [0.717, 1.165) is 32.4 Å². The van der Waals surface area contributed by atoms with E-state index in [1.807, 2.05) is 18.9 Å². The highest BCUT2D eigenvalue weighted by molar-refractivity contribution is 5.56. The number of ether oxygens (including phenoxy) is 1. The van der Waals surface area contributed by atoms with Crippen LogP contribution < -0.4 is 16.5 Å². The topological polar surface area (TPSA) is 66.2 Å². The molecule has 2 aromatic heterocycles. The van der Waals surface area contributed by atoms with Crippen molar-refractivity contribution in [2.75, 3.05) is 40.0 Å². The number of rotatable bonds is 6. The third-order valence-corrected chi connectivity index (χ3v) is 11.0. The second-order valence-corrected chi connectivity index (χ2v) is 13.5. The van der Waals surface area contributed by atoms with Gasteiger partial charge in [-0.05, 0) is 82.0 Å². The standard InChI is InChI=1S/C29H40F4N6O2/c1-18(37-9-8-27(14-37)6-7-27)19-10-22(29(31,32)33)23-13-38(26(40)39(23)12-19)21-5-3-4-20(11-21)28(15-41-16-28)24(30)25-35-34-17-36(25)2/h10,12-13,18,20-21,24-25,34-35H,3-9,11,14-17H2,1-2H3/t18-,20?,21?,24+,25?/m1/s1. The zero-order valence-corrected chi connectivity index (χ0v) is 23.7. The van der Waals surface area contributed by atoms with Crippen LogP contribution >= 0.6 is 0 Å². The van der Waals surface area contributed by atoms with Crippen molar-refractivity contribution in [3.05, 3.63) is 40.1 Å². The third kappa shape index (κ3) is 4.56. The summed E-state index contributed by atoms with van der Waals surface area (Å²) in [6.07, 6.45) is 2.97. The maximum Gasteiger partial charge on any atom is 0.418 e. The van der Waals surface area contributed by atoms with E-state index in [0.29, 0.717) is 43.7 Å². The molecule has 2 aliphatic carbocycles. The van der Waals surface area contributed by atoms with Crippen LogP contribution in [0.2, 0.25) is 0 Å². The lowest BCUT2D eigenvalue weighted by Gasteiger charge is -2.53. The van der Waals surface area contributed by atoms with Crippen LogP contribution in [0.5, 0.6) is 0 Å². The van der Waals surface area contributed by atoms with Crippen molar-refractivity contribution in [1.82, 2.24) is 29.6 Å². The molecular weight excluding hydrogens is 540 g/mol. The number of alkyl halides is 4. The maximum absolute atomic E-state index is 16.1. The number of likely N-dealkylation sites (tertiary alicyclic amines) is 1. The molecule has 5 heterocycles. The number of hydrazine groups is 1. The lowest BCUT2D eigenvalue weighted by molar-refractivity contribution is -0.202. The Balaban J connectivity index is 1.20. The van der Waals surface area contributed by atoms with Gasteiger partial charge in [-0.1, -0.05) is 6.42 Å². The minimum atomic E-state index is -4.60. The van der Waals surface area contributed by atoms with Crippen LogP contribution in [0.1, 0.15) is 75.1 Å². The summed E-state index contributed by atoms with van der Waals surface area (Å²) >= 11 is 0. The van der Waals surface area contributed by atoms with E-state index in [1.54, 1.807) is 6.20 Å². The number of nitrogens with one attached hydrogen (secondary N) is 2. The van der Waals surface area contributed by atoms with E-state index in [9.17, 15) is 18.0 Å². The summed E-state index contributed by atoms with van der Waals surface area (Å²) in [4.78, 5) is 17.9. The van der Waals surface area contributed by atoms with E-state index in [-0.39, 0.29) is 23.5 Å². The second kappa shape index (κ2) is 9.77. The van der Waals surface area contributed by atoms with Gasteiger partial charge in [-0.2, -0.15) is 13.2 Å². The van der Waals surface area contributed by atoms with Crippen molar-refractivity contribution in [3.63, 3.8) is 0 Å². The number of hydrogen-bond donors (Lipinski definition) is 2. The van der Waals surface area contributed by atoms with Gasteiger partial charge in [-0.3, -0.25) is 18.8 Å². The average Bonchev–Trinajstić information content (AvgIpc) is 3.19. The van der Waals surface area contributed by atoms with Gasteiger partial charge in [0.15, 0.2) is 0 Å². The van der Waals surface area contributed by atoms with Gasteiger partial charge < -0.3 is 4.74 Å². The SMILES string of the molecule is C[C@H](c1cc(C(F)(F)F)c2cn(C3CCCC(C4([C@@H](F)C5NNCN5C)COC4)C3)c(=O)n2c1)N1CCC2(CC2)C1. The average molecular weight is 581 g/mol. The molecule has 2 N–H and O–H groups in total. The molecule has 0 bridgehead atoms. The number of fused-ring (bicyclic) bond motifs is 1. The van der Waals surface area contributed by atoms with Crippen molar-refractivity contribution < 1.29 is 22.3 Å². The number of imidazole rings is 1. The van der Waals surface area contributed by atoms with Crippen LogP contribution in [0.3, 0.4) is 0 Å². The van der Waals surface area contributed by atoms with Crippen LogP contribution in [0.25, 0.3) is 5.52 Å². The van der Waals surface area contributed by atoms with Crippen molar-refractivity contribution in [2.45, 2.75) is 82.5 Å². The summed E-state index contributed by atoms with van der Waals surface area (Å²) in [5, 5.41) is 0. The molecule has 2 saturated carbocycles. The molecule has 41 heavy (non-hydrogen) atoms. The van der Waals surface area contributed by atoms with Crippen molar-refractivity contribution >= 4 is 5.52 Å². The molecule has 2 aromatic rings. The largest absolute Gasteiger partial charge is 0.418 e. The Hall–Kier alpha value is -1.99. The number of nitrogens with zero attached hydrogens (tertiary/aromatic N) is 4. The highest BCUT2D eigenvalue weighted by Gasteiger charge is 2.56. The molecule has 7 rings (SSSR count). The van der Waals surface area contributed by atoms with Gasteiger partial charge in [0.25, 0.3) is 0 Å². The number of pyridine rings is 1. The smallest absolute Gasteiger partial charge is 0.380 e. The minimum Gasteiger partial charge on any atom is -0.380 e. The van der Waals surface area contributed by atoms with E-state index < -0.39 is 35.2 Å². The Kier molecular flexibility index (Phi) is 6.63.